The van der Waals surface area contributed by atoms with Crippen LogP contribution in [0.5, 0.6) is 11.5 Å². The molecular weight excluding hydrogens is 308 g/mol. The Bertz CT molecular complexity index is 853. The normalized spacial score (nSPS) is 19.2. The Morgan fingerprint density at radius 3 is 2.36 bits per heavy atom. The zero-order valence-corrected chi connectivity index (χ0v) is 14.4. The third kappa shape index (κ3) is 3.00. The average molecular weight is 330 g/mol. The summed E-state index contributed by atoms with van der Waals surface area (Å²) in [4.78, 5) is 0. The molecule has 0 spiro atoms. The number of phenolic OH excluding ortho intramolecular Hbond substituents is 1. The Morgan fingerprint density at radius 2 is 1.64 bits per heavy atom. The highest BCUT2D eigenvalue weighted by Gasteiger charge is 2.32. The highest BCUT2D eigenvalue weighted by Crippen LogP contribution is 2.47. The molecule has 25 heavy (non-hydrogen) atoms. The van der Waals surface area contributed by atoms with Crippen LogP contribution >= 0.6 is 0 Å². The molecule has 4 rings (SSSR count). The molecule has 1 N–H and O–H groups in total. The molecule has 0 saturated heterocycles. The summed E-state index contributed by atoms with van der Waals surface area (Å²) in [5.74, 6) is 1.96. The van der Waals surface area contributed by atoms with Crippen molar-refractivity contribution in [3.05, 3.63) is 95.1 Å². The number of phenols is 1. The zero-order valence-electron chi connectivity index (χ0n) is 14.4. The molecule has 2 nitrogen and oxygen atoms in total. The highest BCUT2D eigenvalue weighted by atomic mass is 16.5. The molecule has 0 bridgehead atoms. The zero-order chi connectivity index (χ0) is 17.2. The van der Waals surface area contributed by atoms with Gasteiger partial charge in [0.25, 0.3) is 0 Å². The maximum absolute atomic E-state index is 9.88. The number of hydrogen-bond acceptors (Lipinski definition) is 2. The van der Waals surface area contributed by atoms with Gasteiger partial charge in [-0.15, -0.1) is 0 Å². The summed E-state index contributed by atoms with van der Waals surface area (Å²) in [6.07, 6.45) is 2.08. The van der Waals surface area contributed by atoms with Crippen molar-refractivity contribution in [2.24, 2.45) is 0 Å². The lowest BCUT2D eigenvalue weighted by Gasteiger charge is -2.34. The Kier molecular flexibility index (Phi) is 4.19. The summed E-state index contributed by atoms with van der Waals surface area (Å²) >= 11 is 0. The first-order chi connectivity index (χ1) is 12.3. The van der Waals surface area contributed by atoms with Gasteiger partial charge in [0.1, 0.15) is 11.5 Å². The van der Waals surface area contributed by atoms with Crippen LogP contribution in [0, 0.1) is 0 Å². The number of ether oxygens (including phenoxy) is 1. The Balaban J connectivity index is 1.83. The molecule has 1 aliphatic rings. The fourth-order valence-corrected chi connectivity index (χ4v) is 4.09. The van der Waals surface area contributed by atoms with E-state index in [4.69, 9.17) is 4.74 Å². The minimum Gasteiger partial charge on any atom is -0.508 e. The monoisotopic (exact) mass is 330 g/mol. The van der Waals surface area contributed by atoms with Crippen LogP contribution < -0.4 is 4.74 Å². The van der Waals surface area contributed by atoms with Crippen molar-refractivity contribution in [2.45, 2.75) is 24.7 Å². The molecule has 0 aromatic heterocycles. The number of methoxy groups -OCH3 is 1. The van der Waals surface area contributed by atoms with Gasteiger partial charge in [-0.05, 0) is 65.3 Å². The van der Waals surface area contributed by atoms with Gasteiger partial charge in [-0.2, -0.15) is 0 Å². The van der Waals surface area contributed by atoms with E-state index in [-0.39, 0.29) is 5.92 Å². The summed E-state index contributed by atoms with van der Waals surface area (Å²) in [5, 5.41) is 9.88. The van der Waals surface area contributed by atoms with Gasteiger partial charge < -0.3 is 9.84 Å². The Hall–Kier alpha value is -2.74. The van der Waals surface area contributed by atoms with Crippen LogP contribution in [-0.2, 0) is 6.42 Å². The van der Waals surface area contributed by atoms with Crippen molar-refractivity contribution in [2.75, 3.05) is 7.11 Å². The lowest BCUT2D eigenvalue weighted by atomic mass is 9.69. The van der Waals surface area contributed by atoms with Crippen molar-refractivity contribution in [1.82, 2.24) is 0 Å². The summed E-state index contributed by atoms with van der Waals surface area (Å²) in [6, 6.07) is 25.0. The molecule has 0 saturated carbocycles. The van der Waals surface area contributed by atoms with E-state index >= 15 is 0 Å². The standard InChI is InChI=1S/C23H22O2/c1-25-20-11-7-17(8-12-20)23-21(16-5-3-2-4-6-16)13-9-18-15-19(24)10-14-22(18)23/h2-8,10-12,14-15,21,23-24H,9,13H2,1H3. The fraction of sp³-hybridized carbons (Fsp3) is 0.217. The number of aromatic hydroxyl groups is 1. The van der Waals surface area contributed by atoms with Gasteiger partial charge in [-0.25, -0.2) is 0 Å². The molecule has 3 aromatic carbocycles. The Morgan fingerprint density at radius 1 is 0.880 bits per heavy atom. The quantitative estimate of drug-likeness (QED) is 0.709. The number of hydrogen-bond donors (Lipinski definition) is 1. The van der Waals surface area contributed by atoms with E-state index in [2.05, 4.69) is 48.5 Å². The Labute approximate surface area is 148 Å². The van der Waals surface area contributed by atoms with Gasteiger partial charge in [-0.3, -0.25) is 0 Å². The molecule has 2 atom stereocenters. The van der Waals surface area contributed by atoms with Crippen molar-refractivity contribution in [3.8, 4) is 11.5 Å². The minimum atomic E-state index is 0.289. The van der Waals surface area contributed by atoms with E-state index in [1.807, 2.05) is 24.3 Å². The predicted octanol–water partition coefficient (Wildman–Crippen LogP) is 5.26. The van der Waals surface area contributed by atoms with Gasteiger partial charge in [0.15, 0.2) is 0 Å². The van der Waals surface area contributed by atoms with Crippen molar-refractivity contribution in [3.63, 3.8) is 0 Å². The smallest absolute Gasteiger partial charge is 0.118 e. The van der Waals surface area contributed by atoms with Crippen LogP contribution in [0.15, 0.2) is 72.8 Å². The summed E-state index contributed by atoms with van der Waals surface area (Å²) in [6.45, 7) is 0. The number of aryl methyl sites for hydroxylation is 1. The topological polar surface area (TPSA) is 29.5 Å². The fourth-order valence-electron chi connectivity index (χ4n) is 4.09. The molecule has 2 unspecified atom stereocenters. The molecule has 126 valence electrons. The molecule has 0 fully saturated rings. The van der Waals surface area contributed by atoms with Crippen LogP contribution in [0.2, 0.25) is 0 Å². The van der Waals surface area contributed by atoms with Gasteiger partial charge >= 0.3 is 0 Å². The second-order valence-electron chi connectivity index (χ2n) is 6.69. The number of fused-ring (bicyclic) bond motifs is 1. The third-order valence-electron chi connectivity index (χ3n) is 5.29. The number of rotatable bonds is 3. The lowest BCUT2D eigenvalue weighted by Crippen LogP contribution is -2.20. The first-order valence-corrected chi connectivity index (χ1v) is 8.77. The molecule has 0 aliphatic heterocycles. The van der Waals surface area contributed by atoms with Crippen LogP contribution in [0.4, 0.5) is 0 Å². The maximum atomic E-state index is 9.88. The van der Waals surface area contributed by atoms with E-state index in [9.17, 15) is 5.11 Å². The van der Waals surface area contributed by atoms with E-state index < -0.39 is 0 Å². The van der Waals surface area contributed by atoms with Crippen LogP contribution in [-0.4, -0.2) is 12.2 Å². The van der Waals surface area contributed by atoms with E-state index in [0.717, 1.165) is 18.6 Å². The van der Waals surface area contributed by atoms with Gasteiger partial charge in [0.05, 0.1) is 7.11 Å². The van der Waals surface area contributed by atoms with E-state index in [0.29, 0.717) is 11.7 Å². The predicted molar refractivity (Wildman–Crippen MR) is 100 cm³/mol. The van der Waals surface area contributed by atoms with E-state index in [1.165, 1.54) is 22.3 Å². The van der Waals surface area contributed by atoms with Crippen LogP contribution in [0.3, 0.4) is 0 Å². The highest BCUT2D eigenvalue weighted by molar-refractivity contribution is 5.48. The number of benzene rings is 3. The second-order valence-corrected chi connectivity index (χ2v) is 6.69. The van der Waals surface area contributed by atoms with Crippen LogP contribution in [0.1, 0.15) is 40.5 Å². The average Bonchev–Trinajstić information content (AvgIpc) is 2.68. The lowest BCUT2D eigenvalue weighted by molar-refractivity contribution is 0.414. The molecular formula is C23H22O2. The minimum absolute atomic E-state index is 0.289. The van der Waals surface area contributed by atoms with E-state index in [1.54, 1.807) is 7.11 Å². The van der Waals surface area contributed by atoms with Crippen LogP contribution in [0.25, 0.3) is 0 Å². The largest absolute Gasteiger partial charge is 0.508 e. The first kappa shape index (κ1) is 15.8. The summed E-state index contributed by atoms with van der Waals surface area (Å²) in [5.41, 5.74) is 5.25. The molecule has 2 heteroatoms. The molecule has 3 aromatic rings. The third-order valence-corrected chi connectivity index (χ3v) is 5.29. The van der Waals surface area contributed by atoms with Gasteiger partial charge in [0, 0.05) is 5.92 Å². The molecule has 1 aliphatic carbocycles. The van der Waals surface area contributed by atoms with Crippen molar-refractivity contribution in [1.29, 1.82) is 0 Å². The maximum Gasteiger partial charge on any atom is 0.118 e. The van der Waals surface area contributed by atoms with Gasteiger partial charge in [-0.1, -0.05) is 48.5 Å². The molecule has 0 heterocycles. The summed E-state index contributed by atoms with van der Waals surface area (Å²) < 4.78 is 5.32. The van der Waals surface area contributed by atoms with Crippen molar-refractivity contribution < 1.29 is 9.84 Å². The summed E-state index contributed by atoms with van der Waals surface area (Å²) in [7, 11) is 1.69. The van der Waals surface area contributed by atoms with Gasteiger partial charge in [0.2, 0.25) is 0 Å². The molecule has 0 radical (unpaired) electrons. The van der Waals surface area contributed by atoms with Crippen molar-refractivity contribution >= 4 is 0 Å². The SMILES string of the molecule is COc1ccc(C2c3ccc(O)cc3CCC2c2ccccc2)cc1. The molecule has 0 amide bonds. The first-order valence-electron chi connectivity index (χ1n) is 8.77. The second kappa shape index (κ2) is 6.64.